The zero-order chi connectivity index (χ0) is 16.8. The van der Waals surface area contributed by atoms with E-state index in [9.17, 15) is 0 Å². The number of aryl methyl sites for hydroxylation is 1. The van der Waals surface area contributed by atoms with Gasteiger partial charge in [-0.2, -0.15) is 4.98 Å². The second-order valence-corrected chi connectivity index (χ2v) is 6.37. The van der Waals surface area contributed by atoms with E-state index in [1.54, 1.807) is 6.20 Å². The highest BCUT2D eigenvalue weighted by Crippen LogP contribution is 2.22. The van der Waals surface area contributed by atoms with Crippen LogP contribution in [0.5, 0.6) is 0 Å². The van der Waals surface area contributed by atoms with Gasteiger partial charge in [0.1, 0.15) is 5.82 Å². The van der Waals surface area contributed by atoms with Crippen LogP contribution < -0.4 is 10.6 Å². The van der Waals surface area contributed by atoms with Gasteiger partial charge in [0.25, 0.3) is 0 Å². The number of nitrogens with one attached hydrogen (secondary N) is 2. The normalized spacial score (nSPS) is 10.4. The highest BCUT2D eigenvalue weighted by molar-refractivity contribution is 9.10. The topological polar surface area (TPSA) is 49.8 Å². The van der Waals surface area contributed by atoms with Crippen LogP contribution in [-0.4, -0.2) is 16.5 Å². The van der Waals surface area contributed by atoms with Crippen LogP contribution in [0.4, 0.5) is 17.5 Å². The van der Waals surface area contributed by atoms with Gasteiger partial charge in [0, 0.05) is 22.9 Å². The maximum atomic E-state index is 4.51. The lowest BCUT2D eigenvalue weighted by Crippen LogP contribution is -2.07. The molecule has 3 aromatic rings. The van der Waals surface area contributed by atoms with E-state index in [0.29, 0.717) is 5.95 Å². The predicted octanol–water partition coefficient (Wildman–Crippen LogP) is 4.95. The van der Waals surface area contributed by atoms with Crippen LogP contribution in [-0.2, 0) is 6.42 Å². The Morgan fingerprint density at radius 2 is 1.88 bits per heavy atom. The zero-order valence-electron chi connectivity index (χ0n) is 13.5. The first-order valence-electron chi connectivity index (χ1n) is 7.85. The zero-order valence-corrected chi connectivity index (χ0v) is 15.0. The Kier molecular flexibility index (Phi) is 5.43. The number of benzene rings is 2. The van der Waals surface area contributed by atoms with E-state index in [-0.39, 0.29) is 0 Å². The van der Waals surface area contributed by atoms with Crippen LogP contribution in [0.15, 0.2) is 65.3 Å². The van der Waals surface area contributed by atoms with Gasteiger partial charge >= 0.3 is 0 Å². The molecule has 1 aromatic heterocycles. The van der Waals surface area contributed by atoms with Crippen molar-refractivity contribution in [2.45, 2.75) is 13.3 Å². The molecule has 0 amide bonds. The molecule has 4 nitrogen and oxygen atoms in total. The Balaban J connectivity index is 1.60. The second kappa shape index (κ2) is 7.93. The number of anilines is 3. The van der Waals surface area contributed by atoms with Gasteiger partial charge in [-0.25, -0.2) is 4.98 Å². The van der Waals surface area contributed by atoms with Crippen LogP contribution >= 0.6 is 15.9 Å². The number of rotatable bonds is 6. The lowest BCUT2D eigenvalue weighted by atomic mass is 10.1. The van der Waals surface area contributed by atoms with Crippen molar-refractivity contribution < 1.29 is 0 Å². The van der Waals surface area contributed by atoms with Crippen molar-refractivity contribution in [2.24, 2.45) is 0 Å². The molecule has 0 unspecified atom stereocenters. The Hall–Kier alpha value is -2.40. The third-order valence-electron chi connectivity index (χ3n) is 3.63. The van der Waals surface area contributed by atoms with Gasteiger partial charge in [-0.15, -0.1) is 0 Å². The highest BCUT2D eigenvalue weighted by Gasteiger charge is 2.02. The Morgan fingerprint density at radius 1 is 1.04 bits per heavy atom. The van der Waals surface area contributed by atoms with Gasteiger partial charge in [0.2, 0.25) is 5.95 Å². The van der Waals surface area contributed by atoms with Crippen LogP contribution in [0.2, 0.25) is 0 Å². The molecule has 5 heteroatoms. The molecule has 3 rings (SSSR count). The molecule has 0 bridgehead atoms. The SMILES string of the molecule is Cc1cc(Nc2nccc(NCCc3ccccc3)n2)ccc1Br. The van der Waals surface area contributed by atoms with E-state index in [4.69, 9.17) is 0 Å². The smallest absolute Gasteiger partial charge is 0.229 e. The van der Waals surface area contributed by atoms with E-state index in [1.807, 2.05) is 24.3 Å². The lowest BCUT2D eigenvalue weighted by molar-refractivity contribution is 1.00. The minimum absolute atomic E-state index is 0.585. The van der Waals surface area contributed by atoms with Gasteiger partial charge in [-0.3, -0.25) is 0 Å². The van der Waals surface area contributed by atoms with Gasteiger partial charge in [-0.05, 0) is 48.7 Å². The molecule has 2 aromatic carbocycles. The Bertz CT molecular complexity index is 805. The third-order valence-corrected chi connectivity index (χ3v) is 4.52. The molecule has 0 fully saturated rings. The van der Waals surface area contributed by atoms with Crippen molar-refractivity contribution in [2.75, 3.05) is 17.2 Å². The maximum absolute atomic E-state index is 4.51. The first-order valence-corrected chi connectivity index (χ1v) is 8.64. The quantitative estimate of drug-likeness (QED) is 0.633. The molecule has 1 heterocycles. The number of halogens is 1. The summed E-state index contributed by atoms with van der Waals surface area (Å²) in [6.07, 6.45) is 2.71. The standard InChI is InChI=1S/C19H19BrN4/c1-14-13-16(7-8-17(14)20)23-19-22-12-10-18(24-19)21-11-9-15-5-3-2-4-6-15/h2-8,10,12-13H,9,11H2,1H3,(H2,21,22,23,24). The summed E-state index contributed by atoms with van der Waals surface area (Å²) in [6, 6.07) is 18.4. The molecule has 0 saturated carbocycles. The summed E-state index contributed by atoms with van der Waals surface area (Å²) in [4.78, 5) is 8.79. The molecular weight excluding hydrogens is 364 g/mol. The third kappa shape index (κ3) is 4.55. The first kappa shape index (κ1) is 16.5. The van der Waals surface area contributed by atoms with Gasteiger partial charge < -0.3 is 10.6 Å². The minimum atomic E-state index is 0.585. The highest BCUT2D eigenvalue weighted by atomic mass is 79.9. The second-order valence-electron chi connectivity index (χ2n) is 5.52. The fourth-order valence-electron chi connectivity index (χ4n) is 2.35. The Morgan fingerprint density at radius 3 is 2.67 bits per heavy atom. The summed E-state index contributed by atoms with van der Waals surface area (Å²) in [5.74, 6) is 1.40. The molecule has 0 aliphatic heterocycles. The summed E-state index contributed by atoms with van der Waals surface area (Å²) in [7, 11) is 0. The van der Waals surface area contributed by atoms with E-state index in [0.717, 1.165) is 34.5 Å². The summed E-state index contributed by atoms with van der Waals surface area (Å²) >= 11 is 3.51. The molecule has 0 radical (unpaired) electrons. The molecule has 24 heavy (non-hydrogen) atoms. The summed E-state index contributed by atoms with van der Waals surface area (Å²) in [6.45, 7) is 2.88. The average Bonchev–Trinajstić information content (AvgIpc) is 2.60. The van der Waals surface area contributed by atoms with Crippen molar-refractivity contribution in [3.8, 4) is 0 Å². The number of aromatic nitrogens is 2. The van der Waals surface area contributed by atoms with Crippen LogP contribution in [0, 0.1) is 6.92 Å². The van der Waals surface area contributed by atoms with Gasteiger partial charge in [-0.1, -0.05) is 46.3 Å². The van der Waals surface area contributed by atoms with Crippen molar-refractivity contribution in [1.82, 2.24) is 9.97 Å². The van der Waals surface area contributed by atoms with Crippen molar-refractivity contribution in [3.63, 3.8) is 0 Å². The summed E-state index contributed by atoms with van der Waals surface area (Å²) in [5.41, 5.74) is 3.44. The molecule has 0 aliphatic carbocycles. The summed E-state index contributed by atoms with van der Waals surface area (Å²) in [5, 5.41) is 6.58. The lowest BCUT2D eigenvalue weighted by Gasteiger charge is -2.09. The molecule has 2 N–H and O–H groups in total. The van der Waals surface area contributed by atoms with E-state index >= 15 is 0 Å². The molecular formula is C19H19BrN4. The number of hydrogen-bond acceptors (Lipinski definition) is 4. The fraction of sp³-hybridized carbons (Fsp3) is 0.158. The summed E-state index contributed by atoms with van der Waals surface area (Å²) < 4.78 is 1.09. The number of nitrogens with zero attached hydrogens (tertiary/aromatic N) is 2. The maximum Gasteiger partial charge on any atom is 0.229 e. The molecule has 0 aliphatic rings. The van der Waals surface area contributed by atoms with Crippen molar-refractivity contribution in [1.29, 1.82) is 0 Å². The molecule has 0 spiro atoms. The van der Waals surface area contributed by atoms with Crippen LogP contribution in [0.1, 0.15) is 11.1 Å². The van der Waals surface area contributed by atoms with Gasteiger partial charge in [0.15, 0.2) is 0 Å². The average molecular weight is 383 g/mol. The van der Waals surface area contributed by atoms with Crippen LogP contribution in [0.3, 0.4) is 0 Å². The molecule has 0 saturated heterocycles. The van der Waals surface area contributed by atoms with Crippen LogP contribution in [0.25, 0.3) is 0 Å². The van der Waals surface area contributed by atoms with E-state index in [1.165, 1.54) is 5.56 Å². The Labute approximate surface area is 150 Å². The first-order chi connectivity index (χ1) is 11.7. The monoisotopic (exact) mass is 382 g/mol. The fourth-order valence-corrected chi connectivity index (χ4v) is 2.60. The predicted molar refractivity (Wildman–Crippen MR) is 103 cm³/mol. The molecule has 122 valence electrons. The van der Waals surface area contributed by atoms with Crippen molar-refractivity contribution >= 4 is 33.4 Å². The van der Waals surface area contributed by atoms with E-state index in [2.05, 4.69) is 73.8 Å². The van der Waals surface area contributed by atoms with Crippen molar-refractivity contribution in [3.05, 3.63) is 76.4 Å². The molecule has 0 atom stereocenters. The van der Waals surface area contributed by atoms with Gasteiger partial charge in [0.05, 0.1) is 0 Å². The van der Waals surface area contributed by atoms with E-state index < -0.39 is 0 Å². The minimum Gasteiger partial charge on any atom is -0.370 e. The number of hydrogen-bond donors (Lipinski definition) is 2. The largest absolute Gasteiger partial charge is 0.370 e.